The molecule has 0 spiro atoms. The van der Waals surface area contributed by atoms with Gasteiger partial charge in [-0.3, -0.25) is 14.3 Å². The zero-order chi connectivity index (χ0) is 20.1. The van der Waals surface area contributed by atoms with Gasteiger partial charge in [-0.25, -0.2) is 15.0 Å². The number of anilines is 1. The highest BCUT2D eigenvalue weighted by Crippen LogP contribution is 2.20. The second-order valence-corrected chi connectivity index (χ2v) is 7.08. The van der Waals surface area contributed by atoms with E-state index in [4.69, 9.17) is 4.74 Å². The number of nitrogens with zero attached hydrogens (tertiary/aromatic N) is 6. The molecule has 1 aliphatic rings. The Bertz CT molecular complexity index is 982. The minimum absolute atomic E-state index is 0.0670. The lowest BCUT2D eigenvalue weighted by Gasteiger charge is -2.32. The van der Waals surface area contributed by atoms with E-state index in [-0.39, 0.29) is 11.7 Å². The molecule has 1 fully saturated rings. The first kappa shape index (κ1) is 19.0. The van der Waals surface area contributed by atoms with Crippen molar-refractivity contribution in [2.45, 2.75) is 38.7 Å². The summed E-state index contributed by atoms with van der Waals surface area (Å²) in [6.07, 6.45) is 14.1. The van der Waals surface area contributed by atoms with Crippen LogP contribution in [0.2, 0.25) is 0 Å². The van der Waals surface area contributed by atoms with E-state index in [1.54, 1.807) is 30.9 Å². The number of hydrogen-bond donors (Lipinski definition) is 0. The van der Waals surface area contributed by atoms with Gasteiger partial charge in [0.1, 0.15) is 11.9 Å². The third-order valence-corrected chi connectivity index (χ3v) is 4.95. The molecule has 3 aromatic heterocycles. The molecular weight excluding hydrogens is 368 g/mol. The minimum Gasteiger partial charge on any atom is -0.490 e. The second-order valence-electron chi connectivity index (χ2n) is 7.08. The summed E-state index contributed by atoms with van der Waals surface area (Å²) < 4.78 is 7.49. The van der Waals surface area contributed by atoms with Gasteiger partial charge in [0.25, 0.3) is 5.56 Å². The number of hydrogen-bond acceptors (Lipinski definition) is 7. The van der Waals surface area contributed by atoms with Crippen molar-refractivity contribution < 1.29 is 4.74 Å². The van der Waals surface area contributed by atoms with Crippen molar-refractivity contribution in [3.63, 3.8) is 0 Å². The molecule has 150 valence electrons. The third-order valence-electron chi connectivity index (χ3n) is 4.95. The number of rotatable bonds is 6. The van der Waals surface area contributed by atoms with Gasteiger partial charge in [0.15, 0.2) is 5.82 Å². The van der Waals surface area contributed by atoms with Crippen LogP contribution in [0.4, 0.5) is 5.95 Å². The second kappa shape index (κ2) is 8.81. The van der Waals surface area contributed by atoms with Crippen LogP contribution in [0.25, 0.3) is 5.82 Å². The van der Waals surface area contributed by atoms with E-state index >= 15 is 0 Å². The first-order chi connectivity index (χ1) is 14.2. The summed E-state index contributed by atoms with van der Waals surface area (Å²) in [5.74, 6) is 1.84. The van der Waals surface area contributed by atoms with Gasteiger partial charge in [-0.15, -0.1) is 0 Å². The van der Waals surface area contributed by atoms with E-state index in [0.717, 1.165) is 44.7 Å². The molecule has 0 saturated carbocycles. The SMILES string of the molecule is CCCc1cnc(N2CCC(Oc3ccn(-c4cnccn4)c(=O)c3)CC2)nc1. The van der Waals surface area contributed by atoms with Crippen molar-refractivity contribution in [3.05, 3.63) is 65.2 Å². The van der Waals surface area contributed by atoms with Crippen LogP contribution in [0.3, 0.4) is 0 Å². The highest BCUT2D eigenvalue weighted by Gasteiger charge is 2.22. The summed E-state index contributed by atoms with van der Waals surface area (Å²) in [6, 6.07) is 3.29. The molecule has 29 heavy (non-hydrogen) atoms. The first-order valence-corrected chi connectivity index (χ1v) is 9.94. The standard InChI is InChI=1S/C21H24N6O2/c1-2-3-16-13-24-21(25-14-16)26-9-4-17(5-10-26)29-18-6-11-27(20(28)12-18)19-15-22-7-8-23-19/h6-8,11-15,17H,2-5,9-10H2,1H3. The fourth-order valence-corrected chi connectivity index (χ4v) is 3.43. The van der Waals surface area contributed by atoms with Crippen LogP contribution in [0, 0.1) is 0 Å². The number of ether oxygens (including phenoxy) is 1. The van der Waals surface area contributed by atoms with E-state index in [2.05, 4.69) is 31.8 Å². The van der Waals surface area contributed by atoms with Crippen LogP contribution in [0.5, 0.6) is 5.75 Å². The van der Waals surface area contributed by atoms with Gasteiger partial charge < -0.3 is 9.64 Å². The van der Waals surface area contributed by atoms with Gasteiger partial charge in [-0.2, -0.15) is 0 Å². The van der Waals surface area contributed by atoms with E-state index in [1.807, 2.05) is 12.4 Å². The first-order valence-electron chi connectivity index (χ1n) is 9.94. The van der Waals surface area contributed by atoms with Crippen LogP contribution in [-0.4, -0.2) is 43.7 Å². The molecule has 0 N–H and O–H groups in total. The van der Waals surface area contributed by atoms with Crippen LogP contribution in [0.1, 0.15) is 31.7 Å². The minimum atomic E-state index is -0.194. The topological polar surface area (TPSA) is 86.0 Å². The summed E-state index contributed by atoms with van der Waals surface area (Å²) in [5.41, 5.74) is 0.978. The Labute approximate surface area is 169 Å². The van der Waals surface area contributed by atoms with Crippen molar-refractivity contribution in [1.82, 2.24) is 24.5 Å². The maximum absolute atomic E-state index is 12.4. The Morgan fingerprint density at radius 3 is 2.55 bits per heavy atom. The smallest absolute Gasteiger partial charge is 0.260 e. The molecule has 4 rings (SSSR count). The maximum Gasteiger partial charge on any atom is 0.260 e. The lowest BCUT2D eigenvalue weighted by Crippen LogP contribution is -2.39. The van der Waals surface area contributed by atoms with Crippen molar-refractivity contribution >= 4 is 5.95 Å². The monoisotopic (exact) mass is 392 g/mol. The van der Waals surface area contributed by atoms with Crippen LogP contribution >= 0.6 is 0 Å². The number of pyridine rings is 1. The van der Waals surface area contributed by atoms with E-state index in [1.165, 1.54) is 16.2 Å². The fourth-order valence-electron chi connectivity index (χ4n) is 3.43. The lowest BCUT2D eigenvalue weighted by atomic mass is 10.1. The van der Waals surface area contributed by atoms with E-state index in [9.17, 15) is 4.79 Å². The van der Waals surface area contributed by atoms with Gasteiger partial charge >= 0.3 is 0 Å². The van der Waals surface area contributed by atoms with Crippen LogP contribution in [0.15, 0.2) is 54.1 Å². The molecular formula is C21H24N6O2. The molecule has 0 radical (unpaired) electrons. The number of aryl methyl sites for hydroxylation is 1. The lowest BCUT2D eigenvalue weighted by molar-refractivity contribution is 0.170. The van der Waals surface area contributed by atoms with Crippen molar-refractivity contribution in [1.29, 1.82) is 0 Å². The van der Waals surface area contributed by atoms with Crippen molar-refractivity contribution in [2.24, 2.45) is 0 Å². The normalized spacial score (nSPS) is 14.7. The average molecular weight is 392 g/mol. The Morgan fingerprint density at radius 2 is 1.90 bits per heavy atom. The Balaban J connectivity index is 1.35. The van der Waals surface area contributed by atoms with Crippen LogP contribution < -0.4 is 15.2 Å². The molecule has 0 aromatic carbocycles. The zero-order valence-corrected chi connectivity index (χ0v) is 16.4. The van der Waals surface area contributed by atoms with Gasteiger partial charge in [0, 0.05) is 63.0 Å². The third kappa shape index (κ3) is 4.59. The van der Waals surface area contributed by atoms with Gasteiger partial charge in [-0.05, 0) is 18.1 Å². The predicted octanol–water partition coefficient (Wildman–Crippen LogP) is 2.42. The van der Waals surface area contributed by atoms with E-state index < -0.39 is 0 Å². The molecule has 0 atom stereocenters. The fraction of sp³-hybridized carbons (Fsp3) is 0.381. The van der Waals surface area contributed by atoms with Gasteiger partial charge in [0.2, 0.25) is 5.95 Å². The van der Waals surface area contributed by atoms with Gasteiger partial charge in [0.05, 0.1) is 6.20 Å². The Morgan fingerprint density at radius 1 is 1.10 bits per heavy atom. The number of piperidine rings is 1. The highest BCUT2D eigenvalue weighted by atomic mass is 16.5. The quantitative estimate of drug-likeness (QED) is 0.637. The average Bonchev–Trinajstić information content (AvgIpc) is 2.76. The summed E-state index contributed by atoms with van der Waals surface area (Å²) >= 11 is 0. The number of aromatic nitrogens is 5. The molecule has 1 aliphatic heterocycles. The molecule has 4 heterocycles. The molecule has 3 aromatic rings. The highest BCUT2D eigenvalue weighted by molar-refractivity contribution is 5.31. The molecule has 0 bridgehead atoms. The van der Waals surface area contributed by atoms with Crippen molar-refractivity contribution in [3.8, 4) is 11.6 Å². The molecule has 8 heteroatoms. The van der Waals surface area contributed by atoms with Crippen LogP contribution in [-0.2, 0) is 6.42 Å². The molecule has 0 amide bonds. The zero-order valence-electron chi connectivity index (χ0n) is 16.4. The Kier molecular flexibility index (Phi) is 5.79. The molecule has 1 saturated heterocycles. The summed E-state index contributed by atoms with van der Waals surface area (Å²) in [5, 5.41) is 0. The molecule has 0 aliphatic carbocycles. The molecule has 8 nitrogen and oxygen atoms in total. The summed E-state index contributed by atoms with van der Waals surface area (Å²) in [6.45, 7) is 3.80. The Hall–Kier alpha value is -3.29. The maximum atomic E-state index is 12.4. The molecule has 0 unspecified atom stereocenters. The predicted molar refractivity (Wildman–Crippen MR) is 110 cm³/mol. The van der Waals surface area contributed by atoms with E-state index in [0.29, 0.717) is 11.6 Å². The summed E-state index contributed by atoms with van der Waals surface area (Å²) in [7, 11) is 0. The van der Waals surface area contributed by atoms with Crippen molar-refractivity contribution in [2.75, 3.05) is 18.0 Å². The van der Waals surface area contributed by atoms with Gasteiger partial charge in [-0.1, -0.05) is 13.3 Å². The summed E-state index contributed by atoms with van der Waals surface area (Å²) in [4.78, 5) is 31.7. The largest absolute Gasteiger partial charge is 0.490 e.